The van der Waals surface area contributed by atoms with Gasteiger partial charge < -0.3 is 9.80 Å². The van der Waals surface area contributed by atoms with Crippen LogP contribution in [0, 0.1) is 5.92 Å². The number of hydrogen-bond acceptors (Lipinski definition) is 2. The number of anilines is 1. The van der Waals surface area contributed by atoms with Crippen LogP contribution in [0.25, 0.3) is 0 Å². The zero-order valence-corrected chi connectivity index (χ0v) is 14.0. The van der Waals surface area contributed by atoms with E-state index in [0.717, 1.165) is 29.4 Å². The third-order valence-corrected chi connectivity index (χ3v) is 4.72. The number of piperidine rings is 1. The van der Waals surface area contributed by atoms with E-state index in [-0.39, 0.29) is 0 Å². The number of halogens is 2. The predicted molar refractivity (Wildman–Crippen MR) is 87.6 cm³/mol. The maximum atomic E-state index is 6.28. The molecule has 19 heavy (non-hydrogen) atoms. The summed E-state index contributed by atoms with van der Waals surface area (Å²) in [5.74, 6) is 0.831. The topological polar surface area (TPSA) is 6.48 Å². The lowest BCUT2D eigenvalue weighted by molar-refractivity contribution is 0.285. The van der Waals surface area contributed by atoms with E-state index >= 15 is 0 Å². The lowest BCUT2D eigenvalue weighted by Gasteiger charge is -2.35. The van der Waals surface area contributed by atoms with Crippen LogP contribution in [0.3, 0.4) is 0 Å². The van der Waals surface area contributed by atoms with Gasteiger partial charge in [-0.1, -0.05) is 33.6 Å². The zero-order valence-electron chi connectivity index (χ0n) is 11.7. The minimum atomic E-state index is 0.819. The summed E-state index contributed by atoms with van der Waals surface area (Å²) in [5.41, 5.74) is 2.52. The van der Waals surface area contributed by atoms with Gasteiger partial charge in [-0.15, -0.1) is 0 Å². The summed E-state index contributed by atoms with van der Waals surface area (Å²) >= 11 is 9.84. The molecule has 0 unspecified atom stereocenters. The van der Waals surface area contributed by atoms with Gasteiger partial charge in [0.25, 0.3) is 0 Å². The van der Waals surface area contributed by atoms with Crippen LogP contribution in [0.15, 0.2) is 18.2 Å². The summed E-state index contributed by atoms with van der Waals surface area (Å²) in [4.78, 5) is 4.78. The van der Waals surface area contributed by atoms with Crippen molar-refractivity contribution in [2.75, 3.05) is 38.6 Å². The first kappa shape index (κ1) is 15.1. The zero-order chi connectivity index (χ0) is 13.8. The minimum Gasteiger partial charge on any atom is -0.371 e. The second-order valence-electron chi connectivity index (χ2n) is 5.56. The van der Waals surface area contributed by atoms with Gasteiger partial charge in [0.1, 0.15) is 0 Å². The van der Waals surface area contributed by atoms with Crippen LogP contribution in [0.2, 0.25) is 5.02 Å². The van der Waals surface area contributed by atoms with Crippen LogP contribution in [0.1, 0.15) is 18.4 Å². The number of nitrogens with zero attached hydrogens (tertiary/aromatic N) is 2. The molecule has 0 amide bonds. The van der Waals surface area contributed by atoms with Gasteiger partial charge in [0, 0.05) is 41.2 Å². The van der Waals surface area contributed by atoms with E-state index in [1.807, 2.05) is 6.07 Å². The number of alkyl halides is 1. The highest BCUT2D eigenvalue weighted by molar-refractivity contribution is 9.08. The molecule has 1 aliphatic heterocycles. The second kappa shape index (κ2) is 6.96. The Morgan fingerprint density at radius 1 is 1.32 bits per heavy atom. The summed E-state index contributed by atoms with van der Waals surface area (Å²) in [6.45, 7) is 3.48. The Balaban J connectivity index is 2.03. The van der Waals surface area contributed by atoms with E-state index in [2.05, 4.69) is 52.0 Å². The number of benzene rings is 1. The summed E-state index contributed by atoms with van der Waals surface area (Å²) in [7, 11) is 4.32. The van der Waals surface area contributed by atoms with E-state index in [0.29, 0.717) is 0 Å². The molecule has 0 N–H and O–H groups in total. The summed E-state index contributed by atoms with van der Waals surface area (Å²) in [6, 6.07) is 6.21. The molecule has 106 valence electrons. The first-order chi connectivity index (χ1) is 9.11. The Bertz CT molecular complexity index is 415. The van der Waals surface area contributed by atoms with E-state index in [1.165, 1.54) is 30.6 Å². The highest BCUT2D eigenvalue weighted by Gasteiger charge is 2.21. The van der Waals surface area contributed by atoms with Crippen LogP contribution in [-0.2, 0) is 5.33 Å². The molecular weight excluding hydrogens is 324 g/mol. The molecule has 0 saturated carbocycles. The molecule has 1 fully saturated rings. The maximum absolute atomic E-state index is 6.28. The van der Waals surface area contributed by atoms with Crippen molar-refractivity contribution in [3.05, 3.63) is 28.8 Å². The molecule has 0 radical (unpaired) electrons. The molecule has 1 aromatic rings. The Hall–Kier alpha value is -0.250. The van der Waals surface area contributed by atoms with Crippen LogP contribution in [0.5, 0.6) is 0 Å². The van der Waals surface area contributed by atoms with E-state index in [1.54, 1.807) is 0 Å². The molecule has 1 saturated heterocycles. The van der Waals surface area contributed by atoms with Gasteiger partial charge in [0.05, 0.1) is 0 Å². The predicted octanol–water partition coefficient (Wildman–Crippen LogP) is 4.01. The van der Waals surface area contributed by atoms with Crippen molar-refractivity contribution in [1.29, 1.82) is 0 Å². The van der Waals surface area contributed by atoms with Crippen LogP contribution in [0.4, 0.5) is 5.69 Å². The Kier molecular flexibility index (Phi) is 5.55. The van der Waals surface area contributed by atoms with Crippen LogP contribution < -0.4 is 4.90 Å². The van der Waals surface area contributed by atoms with Gasteiger partial charge in [-0.25, -0.2) is 0 Å². The molecule has 2 nitrogen and oxygen atoms in total. The third-order valence-electron chi connectivity index (χ3n) is 3.81. The molecule has 2 rings (SSSR count). The molecule has 1 aliphatic rings. The van der Waals surface area contributed by atoms with Crippen molar-refractivity contribution >= 4 is 33.2 Å². The molecule has 4 heteroatoms. The quantitative estimate of drug-likeness (QED) is 0.761. The van der Waals surface area contributed by atoms with Crippen molar-refractivity contribution in [3.63, 3.8) is 0 Å². The summed E-state index contributed by atoms with van der Waals surface area (Å²) < 4.78 is 0. The molecule has 0 aromatic heterocycles. The SMILES string of the molecule is CN(C)CC1CCN(c2cccc(Cl)c2CBr)CC1. The van der Waals surface area contributed by atoms with Crippen molar-refractivity contribution in [3.8, 4) is 0 Å². The minimum absolute atomic E-state index is 0.819. The van der Waals surface area contributed by atoms with Crippen molar-refractivity contribution < 1.29 is 0 Å². The van der Waals surface area contributed by atoms with Crippen molar-refractivity contribution in [2.24, 2.45) is 5.92 Å². The van der Waals surface area contributed by atoms with Gasteiger partial charge in [-0.2, -0.15) is 0 Å². The highest BCUT2D eigenvalue weighted by atomic mass is 79.9. The number of hydrogen-bond donors (Lipinski definition) is 0. The van der Waals surface area contributed by atoms with E-state index in [4.69, 9.17) is 11.6 Å². The standard InChI is InChI=1S/C15H22BrClN2/c1-18(2)11-12-6-8-19(9-7-12)15-5-3-4-14(17)13(15)10-16/h3-5,12H,6-11H2,1-2H3. The van der Waals surface area contributed by atoms with E-state index in [9.17, 15) is 0 Å². The first-order valence-electron chi connectivity index (χ1n) is 6.85. The summed E-state index contributed by atoms with van der Waals surface area (Å²) in [6.07, 6.45) is 2.54. The van der Waals surface area contributed by atoms with Gasteiger partial charge in [-0.3, -0.25) is 0 Å². The monoisotopic (exact) mass is 344 g/mol. The Morgan fingerprint density at radius 2 is 2.00 bits per heavy atom. The van der Waals surface area contributed by atoms with Crippen molar-refractivity contribution in [1.82, 2.24) is 4.90 Å². The molecule has 0 spiro atoms. The average molecular weight is 346 g/mol. The first-order valence-corrected chi connectivity index (χ1v) is 8.34. The normalized spacial score (nSPS) is 17.2. The number of rotatable bonds is 4. The Morgan fingerprint density at radius 3 is 2.58 bits per heavy atom. The fourth-order valence-corrected chi connectivity index (χ4v) is 3.84. The van der Waals surface area contributed by atoms with Gasteiger partial charge in [-0.05, 0) is 45.0 Å². The van der Waals surface area contributed by atoms with Crippen molar-refractivity contribution in [2.45, 2.75) is 18.2 Å². The summed E-state index contributed by atoms with van der Waals surface area (Å²) in [5, 5.41) is 1.68. The third kappa shape index (κ3) is 3.87. The van der Waals surface area contributed by atoms with Gasteiger partial charge in [0.2, 0.25) is 0 Å². The van der Waals surface area contributed by atoms with Gasteiger partial charge >= 0.3 is 0 Å². The maximum Gasteiger partial charge on any atom is 0.0467 e. The molecular formula is C15H22BrClN2. The molecule has 1 heterocycles. The van der Waals surface area contributed by atoms with Crippen LogP contribution >= 0.6 is 27.5 Å². The van der Waals surface area contributed by atoms with E-state index < -0.39 is 0 Å². The lowest BCUT2D eigenvalue weighted by atomic mass is 9.95. The molecule has 0 bridgehead atoms. The fraction of sp³-hybridized carbons (Fsp3) is 0.600. The molecule has 0 aliphatic carbocycles. The highest BCUT2D eigenvalue weighted by Crippen LogP contribution is 2.32. The average Bonchev–Trinajstić information content (AvgIpc) is 2.38. The van der Waals surface area contributed by atoms with Crippen LogP contribution in [-0.4, -0.2) is 38.6 Å². The largest absolute Gasteiger partial charge is 0.371 e. The molecule has 0 atom stereocenters. The smallest absolute Gasteiger partial charge is 0.0467 e. The second-order valence-corrected chi connectivity index (χ2v) is 6.53. The van der Waals surface area contributed by atoms with Gasteiger partial charge in [0.15, 0.2) is 0 Å². The Labute approximate surface area is 129 Å². The fourth-order valence-electron chi connectivity index (χ4n) is 2.85. The molecule has 1 aromatic carbocycles. The lowest BCUT2D eigenvalue weighted by Crippen LogP contribution is -2.37.